The third kappa shape index (κ3) is 4.08. The Morgan fingerprint density at radius 3 is 2.47 bits per heavy atom. The molecule has 0 aliphatic rings. The largest absolute Gasteiger partial charge is 0.493 e. The molecule has 0 heterocycles. The predicted octanol–water partition coefficient (Wildman–Crippen LogP) is 3.22. The fraction of sp³-hybridized carbons (Fsp3) is 0.143. The first-order valence-corrected chi connectivity index (χ1v) is 7.89. The fourth-order valence-electron chi connectivity index (χ4n) is 1.54. The molecular formula is C14H14BrNO2S. The number of anilines is 1. The molecule has 0 amide bonds. The van der Waals surface area contributed by atoms with E-state index >= 15 is 0 Å². The third-order valence-electron chi connectivity index (χ3n) is 2.50. The van der Waals surface area contributed by atoms with Gasteiger partial charge in [0.15, 0.2) is 0 Å². The smallest absolute Gasteiger partial charge is 0.119 e. The lowest BCUT2D eigenvalue weighted by Crippen LogP contribution is -2.09. The van der Waals surface area contributed by atoms with Gasteiger partial charge in [0.2, 0.25) is 0 Å². The Labute approximate surface area is 123 Å². The van der Waals surface area contributed by atoms with Crippen LogP contribution in [0.15, 0.2) is 57.9 Å². The summed E-state index contributed by atoms with van der Waals surface area (Å²) in [7, 11) is -1.07. The van der Waals surface area contributed by atoms with Crippen molar-refractivity contribution in [2.24, 2.45) is 0 Å². The van der Waals surface area contributed by atoms with E-state index in [0.717, 1.165) is 15.1 Å². The molecule has 100 valence electrons. The van der Waals surface area contributed by atoms with E-state index in [1.54, 1.807) is 24.3 Å². The first-order valence-electron chi connectivity index (χ1n) is 5.78. The number of hydrogen-bond donors (Lipinski definition) is 1. The zero-order valence-electron chi connectivity index (χ0n) is 10.2. The van der Waals surface area contributed by atoms with E-state index in [9.17, 15) is 4.21 Å². The second kappa shape index (κ2) is 6.73. The molecule has 2 N–H and O–H groups in total. The second-order valence-corrected chi connectivity index (χ2v) is 6.29. The Morgan fingerprint density at radius 1 is 1.11 bits per heavy atom. The summed E-state index contributed by atoms with van der Waals surface area (Å²) in [5, 5.41) is 0. The Hall–Kier alpha value is -1.33. The van der Waals surface area contributed by atoms with Crippen molar-refractivity contribution in [3.05, 3.63) is 53.0 Å². The minimum absolute atomic E-state index is 0.401. The molecular weight excluding hydrogens is 326 g/mol. The average Bonchev–Trinajstić information content (AvgIpc) is 2.41. The van der Waals surface area contributed by atoms with Crippen molar-refractivity contribution in [3.63, 3.8) is 0 Å². The fourth-order valence-corrected chi connectivity index (χ4v) is 3.34. The SMILES string of the molecule is Nc1ccc(OCCS(=O)c2ccccc2Br)cc1. The van der Waals surface area contributed by atoms with Gasteiger partial charge in [0, 0.05) is 10.2 Å². The Morgan fingerprint density at radius 2 is 1.79 bits per heavy atom. The van der Waals surface area contributed by atoms with Crippen LogP contribution in [0.5, 0.6) is 5.75 Å². The number of benzene rings is 2. The monoisotopic (exact) mass is 339 g/mol. The summed E-state index contributed by atoms with van der Waals surface area (Å²) in [5.41, 5.74) is 6.29. The number of ether oxygens (including phenoxy) is 1. The molecule has 5 heteroatoms. The van der Waals surface area contributed by atoms with E-state index in [1.807, 2.05) is 24.3 Å². The van der Waals surface area contributed by atoms with Gasteiger partial charge in [0.1, 0.15) is 12.4 Å². The van der Waals surface area contributed by atoms with Crippen molar-refractivity contribution in [1.29, 1.82) is 0 Å². The van der Waals surface area contributed by atoms with Crippen LogP contribution >= 0.6 is 15.9 Å². The van der Waals surface area contributed by atoms with Gasteiger partial charge in [-0.15, -0.1) is 0 Å². The van der Waals surface area contributed by atoms with Crippen LogP contribution in [-0.4, -0.2) is 16.6 Å². The summed E-state index contributed by atoms with van der Waals surface area (Å²) in [5.74, 6) is 1.19. The predicted molar refractivity (Wildman–Crippen MR) is 81.8 cm³/mol. The molecule has 19 heavy (non-hydrogen) atoms. The lowest BCUT2D eigenvalue weighted by atomic mass is 10.3. The van der Waals surface area contributed by atoms with E-state index < -0.39 is 10.8 Å². The van der Waals surface area contributed by atoms with Crippen molar-refractivity contribution in [1.82, 2.24) is 0 Å². The molecule has 0 spiro atoms. The highest BCUT2D eigenvalue weighted by molar-refractivity contribution is 9.10. The standard InChI is InChI=1S/C14H14BrNO2S/c15-13-3-1-2-4-14(13)19(17)10-9-18-12-7-5-11(16)6-8-12/h1-8H,9-10,16H2. The minimum atomic E-state index is -1.07. The van der Waals surface area contributed by atoms with Gasteiger partial charge in [-0.1, -0.05) is 12.1 Å². The summed E-state index contributed by atoms with van der Waals surface area (Å²) < 4.78 is 18.5. The van der Waals surface area contributed by atoms with Crippen LogP contribution in [0.1, 0.15) is 0 Å². The first kappa shape index (κ1) is 14.1. The molecule has 3 nitrogen and oxygen atoms in total. The number of halogens is 1. The van der Waals surface area contributed by atoms with Crippen LogP contribution in [0.4, 0.5) is 5.69 Å². The molecule has 0 aliphatic carbocycles. The summed E-state index contributed by atoms with van der Waals surface area (Å²) in [6, 6.07) is 14.7. The molecule has 0 fully saturated rings. The van der Waals surface area contributed by atoms with Crippen molar-refractivity contribution in [3.8, 4) is 5.75 Å². The molecule has 2 aromatic rings. The number of nitrogens with two attached hydrogens (primary N) is 1. The number of nitrogen functional groups attached to an aromatic ring is 1. The van der Waals surface area contributed by atoms with Gasteiger partial charge in [-0.2, -0.15) is 0 Å². The molecule has 0 aromatic heterocycles. The highest BCUT2D eigenvalue weighted by Crippen LogP contribution is 2.20. The van der Waals surface area contributed by atoms with Crippen LogP contribution in [0.25, 0.3) is 0 Å². The Bertz CT molecular complexity index is 572. The highest BCUT2D eigenvalue weighted by Gasteiger charge is 2.07. The van der Waals surface area contributed by atoms with Gasteiger partial charge in [-0.25, -0.2) is 0 Å². The molecule has 0 saturated carbocycles. The summed E-state index contributed by atoms with van der Waals surface area (Å²) >= 11 is 3.39. The third-order valence-corrected chi connectivity index (χ3v) is 4.84. The molecule has 0 aliphatic heterocycles. The topological polar surface area (TPSA) is 52.3 Å². The van der Waals surface area contributed by atoms with Crippen molar-refractivity contribution >= 4 is 32.4 Å². The van der Waals surface area contributed by atoms with Crippen molar-refractivity contribution in [2.75, 3.05) is 18.1 Å². The zero-order chi connectivity index (χ0) is 13.7. The first-order chi connectivity index (χ1) is 9.16. The molecule has 0 bridgehead atoms. The molecule has 1 atom stereocenters. The maximum Gasteiger partial charge on any atom is 0.119 e. The van der Waals surface area contributed by atoms with E-state index in [-0.39, 0.29) is 0 Å². The van der Waals surface area contributed by atoms with Gasteiger partial charge < -0.3 is 10.5 Å². The molecule has 2 rings (SSSR count). The van der Waals surface area contributed by atoms with Gasteiger partial charge in [-0.3, -0.25) is 4.21 Å². The van der Waals surface area contributed by atoms with E-state index in [0.29, 0.717) is 18.0 Å². The Balaban J connectivity index is 1.88. The van der Waals surface area contributed by atoms with Crippen LogP contribution in [0, 0.1) is 0 Å². The quantitative estimate of drug-likeness (QED) is 0.851. The molecule has 0 saturated heterocycles. The van der Waals surface area contributed by atoms with Gasteiger partial charge in [0.05, 0.1) is 21.4 Å². The van der Waals surface area contributed by atoms with Crippen LogP contribution in [-0.2, 0) is 10.8 Å². The number of hydrogen-bond acceptors (Lipinski definition) is 3. The van der Waals surface area contributed by atoms with Crippen LogP contribution < -0.4 is 10.5 Å². The molecule has 2 aromatic carbocycles. The maximum absolute atomic E-state index is 12.1. The summed E-state index contributed by atoms with van der Waals surface area (Å²) in [6.45, 7) is 0.401. The highest BCUT2D eigenvalue weighted by atomic mass is 79.9. The van der Waals surface area contributed by atoms with Gasteiger partial charge in [-0.05, 0) is 52.3 Å². The number of rotatable bonds is 5. The summed E-state index contributed by atoms with van der Waals surface area (Å²) in [6.07, 6.45) is 0. The van der Waals surface area contributed by atoms with Crippen molar-refractivity contribution < 1.29 is 8.95 Å². The van der Waals surface area contributed by atoms with Gasteiger partial charge >= 0.3 is 0 Å². The maximum atomic E-state index is 12.1. The molecule has 1 unspecified atom stereocenters. The lowest BCUT2D eigenvalue weighted by Gasteiger charge is -2.07. The van der Waals surface area contributed by atoms with E-state index in [1.165, 1.54) is 0 Å². The lowest BCUT2D eigenvalue weighted by molar-refractivity contribution is 0.342. The normalized spacial score (nSPS) is 12.1. The van der Waals surface area contributed by atoms with E-state index in [4.69, 9.17) is 10.5 Å². The van der Waals surface area contributed by atoms with Crippen molar-refractivity contribution in [2.45, 2.75) is 4.90 Å². The summed E-state index contributed by atoms with van der Waals surface area (Å²) in [4.78, 5) is 0.795. The Kier molecular flexibility index (Phi) is 4.99. The van der Waals surface area contributed by atoms with Gasteiger partial charge in [0.25, 0.3) is 0 Å². The average molecular weight is 340 g/mol. The van der Waals surface area contributed by atoms with Crippen LogP contribution in [0.3, 0.4) is 0 Å². The van der Waals surface area contributed by atoms with Crippen LogP contribution in [0.2, 0.25) is 0 Å². The zero-order valence-corrected chi connectivity index (χ0v) is 12.6. The van der Waals surface area contributed by atoms with E-state index in [2.05, 4.69) is 15.9 Å². The second-order valence-electron chi connectivity index (χ2n) is 3.90. The molecule has 0 radical (unpaired) electrons. The minimum Gasteiger partial charge on any atom is -0.493 e.